The van der Waals surface area contributed by atoms with E-state index < -0.39 is 17.8 Å². The van der Waals surface area contributed by atoms with Gasteiger partial charge in [0, 0.05) is 12.6 Å². The number of carbonyl (C=O) groups excluding carboxylic acids is 2. The summed E-state index contributed by atoms with van der Waals surface area (Å²) in [4.78, 5) is 32.7. The monoisotopic (exact) mass is 252 g/mol. The molecule has 1 aromatic rings. The number of carbonyl (C=O) groups is 3. The highest BCUT2D eigenvalue weighted by Crippen LogP contribution is 1.98. The number of furan rings is 1. The molecule has 0 saturated carbocycles. The summed E-state index contributed by atoms with van der Waals surface area (Å²) in [5.74, 6) is -1.88. The Morgan fingerprint density at radius 3 is 2.72 bits per heavy atom. The maximum absolute atomic E-state index is 11.4. The van der Waals surface area contributed by atoms with Gasteiger partial charge in [0.15, 0.2) is 5.76 Å². The number of hydrogen-bond donors (Lipinski definition) is 3. The van der Waals surface area contributed by atoms with E-state index in [9.17, 15) is 14.4 Å². The molecule has 0 bridgehead atoms. The Morgan fingerprint density at radius 2 is 2.11 bits per heavy atom. The first kappa shape index (κ1) is 13.5. The van der Waals surface area contributed by atoms with Crippen molar-refractivity contribution < 1.29 is 23.9 Å². The molecule has 1 rings (SSSR count). The lowest BCUT2D eigenvalue weighted by Crippen LogP contribution is -2.36. The van der Waals surface area contributed by atoms with Gasteiger partial charge in [-0.3, -0.25) is 9.59 Å². The second kappa shape index (κ2) is 6.89. The van der Waals surface area contributed by atoms with E-state index in [4.69, 9.17) is 9.52 Å². The van der Waals surface area contributed by atoms with Crippen molar-refractivity contribution in [3.8, 4) is 0 Å². The fourth-order valence-electron chi connectivity index (χ4n) is 1.05. The van der Waals surface area contributed by atoms with Gasteiger partial charge in [0.05, 0.1) is 12.8 Å². The van der Waals surface area contributed by atoms with Crippen molar-refractivity contribution in [3.05, 3.63) is 36.3 Å². The SMILES string of the molecule is O=C(O)/C=C/CNC(=O)CNC(=O)c1ccco1. The highest BCUT2D eigenvalue weighted by molar-refractivity contribution is 5.94. The molecule has 0 radical (unpaired) electrons. The standard InChI is InChI=1S/C11H12N2O5/c14-9(12-5-1-4-10(15)16)7-13-11(17)8-3-2-6-18-8/h1-4,6H,5,7H2,(H,12,14)(H,13,17)(H,15,16)/b4-1+. The molecule has 3 N–H and O–H groups in total. The third-order valence-corrected chi connectivity index (χ3v) is 1.83. The van der Waals surface area contributed by atoms with Crippen LogP contribution in [0, 0.1) is 0 Å². The van der Waals surface area contributed by atoms with Crippen molar-refractivity contribution in [2.45, 2.75) is 0 Å². The first-order valence-corrected chi connectivity index (χ1v) is 5.07. The Kier molecular flexibility index (Phi) is 5.17. The number of nitrogens with one attached hydrogen (secondary N) is 2. The highest BCUT2D eigenvalue weighted by Gasteiger charge is 2.09. The van der Waals surface area contributed by atoms with E-state index in [-0.39, 0.29) is 18.8 Å². The van der Waals surface area contributed by atoms with E-state index in [1.165, 1.54) is 18.4 Å². The molecule has 0 aromatic carbocycles. The van der Waals surface area contributed by atoms with Gasteiger partial charge in [-0.05, 0) is 12.1 Å². The number of hydrogen-bond acceptors (Lipinski definition) is 4. The molecule has 0 fully saturated rings. The van der Waals surface area contributed by atoms with Crippen LogP contribution in [0.5, 0.6) is 0 Å². The molecule has 0 aliphatic rings. The van der Waals surface area contributed by atoms with Gasteiger partial charge in [0.25, 0.3) is 5.91 Å². The second-order valence-corrected chi connectivity index (χ2v) is 3.20. The number of amides is 2. The summed E-state index contributed by atoms with van der Waals surface area (Å²) in [5.41, 5.74) is 0. The Balaban J connectivity index is 2.21. The Labute approximate surface area is 102 Å². The molecule has 7 nitrogen and oxygen atoms in total. The van der Waals surface area contributed by atoms with Crippen LogP contribution in [0.25, 0.3) is 0 Å². The molecule has 0 saturated heterocycles. The fourth-order valence-corrected chi connectivity index (χ4v) is 1.05. The maximum atomic E-state index is 11.4. The average Bonchev–Trinajstić information content (AvgIpc) is 2.85. The van der Waals surface area contributed by atoms with Gasteiger partial charge < -0.3 is 20.2 Å². The molecular weight excluding hydrogens is 240 g/mol. The van der Waals surface area contributed by atoms with Crippen LogP contribution < -0.4 is 10.6 Å². The Bertz CT molecular complexity index is 450. The first-order valence-electron chi connectivity index (χ1n) is 5.07. The van der Waals surface area contributed by atoms with Crippen molar-refractivity contribution >= 4 is 17.8 Å². The maximum Gasteiger partial charge on any atom is 0.328 e. The minimum atomic E-state index is -1.09. The molecular formula is C11H12N2O5. The molecule has 0 atom stereocenters. The largest absolute Gasteiger partial charge is 0.478 e. The molecule has 0 spiro atoms. The fraction of sp³-hybridized carbons (Fsp3) is 0.182. The summed E-state index contributed by atoms with van der Waals surface area (Å²) < 4.78 is 4.83. The molecule has 7 heteroatoms. The molecule has 1 aromatic heterocycles. The molecule has 1 heterocycles. The minimum absolute atomic E-state index is 0.0851. The molecule has 0 unspecified atom stereocenters. The van der Waals surface area contributed by atoms with Crippen LogP contribution in [-0.2, 0) is 9.59 Å². The van der Waals surface area contributed by atoms with Gasteiger partial charge in [0.2, 0.25) is 5.91 Å². The molecule has 2 amide bonds. The quantitative estimate of drug-likeness (QED) is 0.606. The lowest BCUT2D eigenvalue weighted by Gasteiger charge is -2.03. The zero-order valence-electron chi connectivity index (χ0n) is 9.38. The van der Waals surface area contributed by atoms with Crippen LogP contribution in [0.15, 0.2) is 35.0 Å². The summed E-state index contributed by atoms with van der Waals surface area (Å²) in [6.07, 6.45) is 3.56. The zero-order chi connectivity index (χ0) is 13.4. The van der Waals surface area contributed by atoms with E-state index in [1.807, 2.05) is 0 Å². The van der Waals surface area contributed by atoms with Crippen molar-refractivity contribution in [2.75, 3.05) is 13.1 Å². The predicted molar refractivity (Wildman–Crippen MR) is 60.8 cm³/mol. The van der Waals surface area contributed by atoms with Gasteiger partial charge >= 0.3 is 5.97 Å². The van der Waals surface area contributed by atoms with Gasteiger partial charge in [0.1, 0.15) is 0 Å². The van der Waals surface area contributed by atoms with Crippen LogP contribution in [0.4, 0.5) is 0 Å². The van der Waals surface area contributed by atoms with Crippen molar-refractivity contribution in [2.24, 2.45) is 0 Å². The van der Waals surface area contributed by atoms with Gasteiger partial charge in [-0.1, -0.05) is 6.08 Å². The van der Waals surface area contributed by atoms with Crippen LogP contribution in [0.3, 0.4) is 0 Å². The van der Waals surface area contributed by atoms with Crippen LogP contribution in [-0.4, -0.2) is 36.0 Å². The molecule has 0 aliphatic heterocycles. The Hall–Kier alpha value is -2.57. The van der Waals surface area contributed by atoms with E-state index in [1.54, 1.807) is 6.07 Å². The predicted octanol–water partition coefficient (Wildman–Crippen LogP) is -0.234. The van der Waals surface area contributed by atoms with Crippen molar-refractivity contribution in [3.63, 3.8) is 0 Å². The lowest BCUT2D eigenvalue weighted by molar-refractivity contribution is -0.131. The number of carboxylic acids is 1. The summed E-state index contributed by atoms with van der Waals surface area (Å²) >= 11 is 0. The van der Waals surface area contributed by atoms with Crippen LogP contribution >= 0.6 is 0 Å². The normalized spacial score (nSPS) is 10.2. The number of aliphatic carboxylic acids is 1. The summed E-state index contributed by atoms with van der Waals surface area (Å²) in [5, 5.41) is 13.0. The van der Waals surface area contributed by atoms with Crippen molar-refractivity contribution in [1.82, 2.24) is 10.6 Å². The number of carboxylic acid groups (broad SMARTS) is 1. The molecule has 0 aliphatic carbocycles. The first-order chi connectivity index (χ1) is 8.59. The summed E-state index contributed by atoms with van der Waals surface area (Å²) in [6, 6.07) is 3.04. The highest BCUT2D eigenvalue weighted by atomic mass is 16.4. The smallest absolute Gasteiger partial charge is 0.328 e. The van der Waals surface area contributed by atoms with Crippen LogP contribution in [0.2, 0.25) is 0 Å². The van der Waals surface area contributed by atoms with E-state index >= 15 is 0 Å². The van der Waals surface area contributed by atoms with Crippen LogP contribution in [0.1, 0.15) is 10.6 Å². The number of rotatable bonds is 6. The van der Waals surface area contributed by atoms with E-state index in [0.29, 0.717) is 0 Å². The minimum Gasteiger partial charge on any atom is -0.478 e. The molecule has 96 valence electrons. The third-order valence-electron chi connectivity index (χ3n) is 1.83. The van der Waals surface area contributed by atoms with Crippen molar-refractivity contribution in [1.29, 1.82) is 0 Å². The van der Waals surface area contributed by atoms with Gasteiger partial charge in [-0.25, -0.2) is 4.79 Å². The van der Waals surface area contributed by atoms with Gasteiger partial charge in [-0.15, -0.1) is 0 Å². The van der Waals surface area contributed by atoms with E-state index in [2.05, 4.69) is 10.6 Å². The third kappa shape index (κ3) is 4.97. The molecule has 18 heavy (non-hydrogen) atoms. The zero-order valence-corrected chi connectivity index (χ0v) is 9.38. The topological polar surface area (TPSA) is 109 Å². The summed E-state index contributed by atoms with van der Waals surface area (Å²) in [6.45, 7) is -0.123. The summed E-state index contributed by atoms with van der Waals surface area (Å²) in [7, 11) is 0. The average molecular weight is 252 g/mol. The second-order valence-electron chi connectivity index (χ2n) is 3.20. The van der Waals surface area contributed by atoms with E-state index in [0.717, 1.165) is 6.08 Å². The van der Waals surface area contributed by atoms with Gasteiger partial charge in [-0.2, -0.15) is 0 Å². The lowest BCUT2D eigenvalue weighted by atomic mass is 10.4. The Morgan fingerprint density at radius 1 is 1.33 bits per heavy atom.